The lowest BCUT2D eigenvalue weighted by molar-refractivity contribution is 0.0696. The summed E-state index contributed by atoms with van der Waals surface area (Å²) in [6.07, 6.45) is 6.65. The van der Waals surface area contributed by atoms with Gasteiger partial charge in [-0.05, 0) is 57.9 Å². The molecule has 0 saturated carbocycles. The van der Waals surface area contributed by atoms with Crippen molar-refractivity contribution in [1.82, 2.24) is 0 Å². The Bertz CT molecular complexity index is 603. The van der Waals surface area contributed by atoms with Gasteiger partial charge in [0.15, 0.2) is 0 Å². The third kappa shape index (κ3) is 3.10. The van der Waals surface area contributed by atoms with E-state index in [1.807, 2.05) is 39.8 Å². The van der Waals surface area contributed by atoms with E-state index in [1.54, 1.807) is 12.1 Å². The van der Waals surface area contributed by atoms with Crippen LogP contribution in [0.5, 0.6) is 5.75 Å². The Morgan fingerprint density at radius 2 is 2.05 bits per heavy atom. The van der Waals surface area contributed by atoms with Gasteiger partial charge in [-0.3, -0.25) is 0 Å². The molecule has 1 N–H and O–H groups in total. The Morgan fingerprint density at radius 3 is 2.65 bits per heavy atom. The van der Waals surface area contributed by atoms with E-state index in [0.29, 0.717) is 12.0 Å². The van der Waals surface area contributed by atoms with Crippen LogP contribution in [0.3, 0.4) is 0 Å². The van der Waals surface area contributed by atoms with Crippen LogP contribution < -0.4 is 4.74 Å². The van der Waals surface area contributed by atoms with Gasteiger partial charge >= 0.3 is 5.97 Å². The zero-order valence-corrected chi connectivity index (χ0v) is 12.4. The standard InChI is InChI=1S/C17H20O3/c1-11(2)5-6-12-9-14(16(18)19)10-13-7-8-17(3,4)20-15(12)13/h5,7-10H,6H2,1-4H3,(H,18,19). The molecule has 0 spiro atoms. The van der Waals surface area contributed by atoms with Crippen LogP contribution in [0, 0.1) is 0 Å². The Hall–Kier alpha value is -2.03. The highest BCUT2D eigenvalue weighted by Crippen LogP contribution is 2.35. The molecular weight excluding hydrogens is 252 g/mol. The van der Waals surface area contributed by atoms with Crippen LogP contribution in [0.2, 0.25) is 0 Å². The number of hydrogen-bond acceptors (Lipinski definition) is 2. The van der Waals surface area contributed by atoms with Gasteiger partial charge in [0.1, 0.15) is 11.4 Å². The predicted octanol–water partition coefficient (Wildman–Crippen LogP) is 4.08. The minimum Gasteiger partial charge on any atom is -0.483 e. The Kier molecular flexibility index (Phi) is 3.71. The summed E-state index contributed by atoms with van der Waals surface area (Å²) in [5.41, 5.74) is 2.89. The molecule has 0 radical (unpaired) electrons. The number of fused-ring (bicyclic) bond motifs is 1. The molecule has 0 saturated heterocycles. The molecule has 3 heteroatoms. The van der Waals surface area contributed by atoms with Crippen molar-refractivity contribution in [1.29, 1.82) is 0 Å². The third-order valence-corrected chi connectivity index (χ3v) is 3.20. The van der Waals surface area contributed by atoms with Crippen LogP contribution in [0.4, 0.5) is 0 Å². The summed E-state index contributed by atoms with van der Waals surface area (Å²) in [6.45, 7) is 8.03. The summed E-state index contributed by atoms with van der Waals surface area (Å²) in [5, 5.41) is 9.21. The molecule has 0 aliphatic carbocycles. The molecule has 0 unspecified atom stereocenters. The first kappa shape index (κ1) is 14.4. The maximum absolute atomic E-state index is 11.2. The number of benzene rings is 1. The van der Waals surface area contributed by atoms with Gasteiger partial charge in [0, 0.05) is 5.56 Å². The third-order valence-electron chi connectivity index (χ3n) is 3.20. The Labute approximate surface area is 119 Å². The second-order valence-corrected chi connectivity index (χ2v) is 5.88. The molecule has 20 heavy (non-hydrogen) atoms. The number of ether oxygens (including phenoxy) is 1. The van der Waals surface area contributed by atoms with E-state index < -0.39 is 5.97 Å². The molecule has 0 aromatic heterocycles. The topological polar surface area (TPSA) is 46.5 Å². The van der Waals surface area contributed by atoms with Gasteiger partial charge in [-0.15, -0.1) is 0 Å². The molecule has 0 fully saturated rings. The molecule has 1 heterocycles. The van der Waals surface area contributed by atoms with E-state index >= 15 is 0 Å². The van der Waals surface area contributed by atoms with Crippen molar-refractivity contribution in [2.45, 2.75) is 39.7 Å². The maximum atomic E-state index is 11.2. The van der Waals surface area contributed by atoms with Gasteiger partial charge in [-0.2, -0.15) is 0 Å². The predicted molar refractivity (Wildman–Crippen MR) is 80.3 cm³/mol. The summed E-state index contributed by atoms with van der Waals surface area (Å²) >= 11 is 0. The molecule has 3 nitrogen and oxygen atoms in total. The molecule has 1 aliphatic rings. The SMILES string of the molecule is CC(C)=CCc1cc(C(=O)O)cc2c1OC(C)(C)C=C2. The Balaban J connectivity index is 2.53. The first-order valence-corrected chi connectivity index (χ1v) is 6.70. The summed E-state index contributed by atoms with van der Waals surface area (Å²) < 4.78 is 6.01. The van der Waals surface area contributed by atoms with Crippen LogP contribution in [-0.2, 0) is 6.42 Å². The van der Waals surface area contributed by atoms with Crippen molar-refractivity contribution in [2.75, 3.05) is 0 Å². The zero-order valence-electron chi connectivity index (χ0n) is 12.4. The average molecular weight is 272 g/mol. The first-order valence-electron chi connectivity index (χ1n) is 6.70. The first-order chi connectivity index (χ1) is 9.28. The highest BCUT2D eigenvalue weighted by molar-refractivity contribution is 5.89. The normalized spacial score (nSPS) is 15.2. The number of rotatable bonds is 3. The highest BCUT2D eigenvalue weighted by atomic mass is 16.5. The summed E-state index contributed by atoms with van der Waals surface area (Å²) in [4.78, 5) is 11.2. The van der Waals surface area contributed by atoms with Crippen LogP contribution in [-0.4, -0.2) is 16.7 Å². The molecule has 106 valence electrons. The van der Waals surface area contributed by atoms with E-state index in [0.717, 1.165) is 16.9 Å². The summed E-state index contributed by atoms with van der Waals surface area (Å²) in [5.74, 6) is -0.121. The number of carbonyl (C=O) groups is 1. The van der Waals surface area contributed by atoms with Crippen molar-refractivity contribution < 1.29 is 14.6 Å². The number of allylic oxidation sites excluding steroid dienone is 2. The van der Waals surface area contributed by atoms with Crippen molar-refractivity contribution in [3.8, 4) is 5.75 Å². The van der Waals surface area contributed by atoms with Crippen LogP contribution in [0.25, 0.3) is 6.08 Å². The highest BCUT2D eigenvalue weighted by Gasteiger charge is 2.24. The molecular formula is C17H20O3. The van der Waals surface area contributed by atoms with Gasteiger partial charge < -0.3 is 9.84 Å². The van der Waals surface area contributed by atoms with Crippen LogP contribution >= 0.6 is 0 Å². The fraction of sp³-hybridized carbons (Fsp3) is 0.353. The van der Waals surface area contributed by atoms with Gasteiger partial charge in [0.05, 0.1) is 5.56 Å². The number of aromatic carboxylic acids is 1. The van der Waals surface area contributed by atoms with Gasteiger partial charge in [0.25, 0.3) is 0 Å². The second-order valence-electron chi connectivity index (χ2n) is 5.88. The van der Waals surface area contributed by atoms with E-state index in [1.165, 1.54) is 5.57 Å². The quantitative estimate of drug-likeness (QED) is 0.843. The molecule has 0 bridgehead atoms. The van der Waals surface area contributed by atoms with E-state index in [4.69, 9.17) is 4.74 Å². The molecule has 1 aromatic carbocycles. The zero-order chi connectivity index (χ0) is 14.9. The van der Waals surface area contributed by atoms with Gasteiger partial charge in [-0.1, -0.05) is 17.7 Å². The summed E-state index contributed by atoms with van der Waals surface area (Å²) in [6, 6.07) is 3.37. The van der Waals surface area contributed by atoms with Gasteiger partial charge in [0.2, 0.25) is 0 Å². The second kappa shape index (κ2) is 5.16. The smallest absolute Gasteiger partial charge is 0.335 e. The molecule has 1 aliphatic heterocycles. The van der Waals surface area contributed by atoms with Crippen LogP contribution in [0.1, 0.15) is 49.2 Å². The molecule has 0 amide bonds. The fourth-order valence-electron chi connectivity index (χ4n) is 2.14. The number of hydrogen-bond donors (Lipinski definition) is 1. The minimum absolute atomic E-state index is 0.300. The van der Waals surface area contributed by atoms with E-state index in [2.05, 4.69) is 6.08 Å². The maximum Gasteiger partial charge on any atom is 0.335 e. The lowest BCUT2D eigenvalue weighted by Crippen LogP contribution is -2.28. The van der Waals surface area contributed by atoms with Crippen molar-refractivity contribution in [3.63, 3.8) is 0 Å². The van der Waals surface area contributed by atoms with Crippen molar-refractivity contribution >= 4 is 12.0 Å². The Morgan fingerprint density at radius 1 is 1.35 bits per heavy atom. The fourth-order valence-corrected chi connectivity index (χ4v) is 2.14. The molecule has 0 atom stereocenters. The molecule has 1 aromatic rings. The number of carboxylic acid groups (broad SMARTS) is 1. The minimum atomic E-state index is -0.913. The van der Waals surface area contributed by atoms with E-state index in [9.17, 15) is 9.90 Å². The number of carboxylic acids is 1. The van der Waals surface area contributed by atoms with Crippen LogP contribution in [0.15, 0.2) is 29.9 Å². The lowest BCUT2D eigenvalue weighted by Gasteiger charge is -2.29. The summed E-state index contributed by atoms with van der Waals surface area (Å²) in [7, 11) is 0. The van der Waals surface area contributed by atoms with Crippen molar-refractivity contribution in [2.24, 2.45) is 0 Å². The molecule has 2 rings (SSSR count). The lowest BCUT2D eigenvalue weighted by atomic mass is 9.96. The monoisotopic (exact) mass is 272 g/mol. The van der Waals surface area contributed by atoms with E-state index in [-0.39, 0.29) is 5.60 Å². The van der Waals surface area contributed by atoms with Crippen molar-refractivity contribution in [3.05, 3.63) is 46.5 Å². The average Bonchev–Trinajstić information content (AvgIpc) is 2.34. The largest absolute Gasteiger partial charge is 0.483 e. The van der Waals surface area contributed by atoms with Gasteiger partial charge in [-0.25, -0.2) is 4.79 Å².